The Labute approximate surface area is 129 Å². The standard InChI is InChI=1S/C17H21FO4/c1-4-20-12-8-15-16(21-10-19-3)13-6-5-11(18)7-14(13)17(2,9-12)22-15/h5-8,12,16H,4,9-10H2,1-3H3/t12-,16+,17+/m0/s1. The fraction of sp³-hybridized carbons (Fsp3) is 0.529. The van der Waals surface area contributed by atoms with Crippen LogP contribution in [0.3, 0.4) is 0 Å². The van der Waals surface area contributed by atoms with Gasteiger partial charge in [-0.3, -0.25) is 0 Å². The van der Waals surface area contributed by atoms with E-state index in [-0.39, 0.29) is 18.7 Å². The second-order valence-electron chi connectivity index (χ2n) is 5.78. The van der Waals surface area contributed by atoms with Gasteiger partial charge in [-0.15, -0.1) is 0 Å². The van der Waals surface area contributed by atoms with Crippen molar-refractivity contribution in [1.29, 1.82) is 0 Å². The van der Waals surface area contributed by atoms with Gasteiger partial charge in [-0.1, -0.05) is 6.07 Å². The maximum absolute atomic E-state index is 13.7. The topological polar surface area (TPSA) is 36.9 Å². The summed E-state index contributed by atoms with van der Waals surface area (Å²) in [4.78, 5) is 0. The molecule has 1 aromatic rings. The fourth-order valence-corrected chi connectivity index (χ4v) is 3.27. The molecular formula is C17H21FO4. The summed E-state index contributed by atoms with van der Waals surface area (Å²) in [6, 6.07) is 4.75. The average molecular weight is 308 g/mol. The highest BCUT2D eigenvalue weighted by Crippen LogP contribution is 2.49. The summed E-state index contributed by atoms with van der Waals surface area (Å²) < 4.78 is 36.4. The third-order valence-corrected chi connectivity index (χ3v) is 4.14. The second-order valence-corrected chi connectivity index (χ2v) is 5.78. The summed E-state index contributed by atoms with van der Waals surface area (Å²) in [6.07, 6.45) is 2.14. The van der Waals surface area contributed by atoms with Crippen LogP contribution in [0.25, 0.3) is 0 Å². The van der Waals surface area contributed by atoms with Gasteiger partial charge >= 0.3 is 0 Å². The molecule has 0 radical (unpaired) electrons. The maximum Gasteiger partial charge on any atom is 0.147 e. The molecule has 4 nitrogen and oxygen atoms in total. The van der Waals surface area contributed by atoms with E-state index in [0.29, 0.717) is 18.8 Å². The van der Waals surface area contributed by atoms with Crippen LogP contribution in [0.5, 0.6) is 0 Å². The number of hydrogen-bond donors (Lipinski definition) is 0. The summed E-state index contributed by atoms with van der Waals surface area (Å²) in [6.45, 7) is 4.68. The lowest BCUT2D eigenvalue weighted by atomic mass is 9.79. The van der Waals surface area contributed by atoms with E-state index in [0.717, 1.165) is 11.1 Å². The Hall–Kier alpha value is -1.43. The molecule has 3 atom stereocenters. The van der Waals surface area contributed by atoms with Gasteiger partial charge in [0.2, 0.25) is 0 Å². The third kappa shape index (κ3) is 2.64. The molecule has 0 aromatic heterocycles. The zero-order valence-electron chi connectivity index (χ0n) is 13.1. The molecule has 1 aromatic carbocycles. The van der Waals surface area contributed by atoms with Crippen LogP contribution in [0.15, 0.2) is 30.0 Å². The molecule has 0 fully saturated rings. The summed E-state index contributed by atoms with van der Waals surface area (Å²) in [7, 11) is 1.57. The molecule has 0 spiro atoms. The first-order valence-corrected chi connectivity index (χ1v) is 7.50. The Morgan fingerprint density at radius 1 is 1.36 bits per heavy atom. The van der Waals surface area contributed by atoms with Crippen LogP contribution in [0.4, 0.5) is 4.39 Å². The first-order valence-electron chi connectivity index (χ1n) is 7.50. The van der Waals surface area contributed by atoms with Crippen molar-refractivity contribution in [3.05, 3.63) is 47.0 Å². The number of methoxy groups -OCH3 is 1. The van der Waals surface area contributed by atoms with Gasteiger partial charge in [0.15, 0.2) is 0 Å². The van der Waals surface area contributed by atoms with Crippen LogP contribution < -0.4 is 0 Å². The minimum Gasteiger partial charge on any atom is -0.484 e. The molecule has 0 saturated heterocycles. The minimum absolute atomic E-state index is 0.0659. The van der Waals surface area contributed by atoms with E-state index in [9.17, 15) is 4.39 Å². The molecule has 2 bridgehead atoms. The molecule has 2 aliphatic heterocycles. The predicted molar refractivity (Wildman–Crippen MR) is 78.7 cm³/mol. The van der Waals surface area contributed by atoms with Crippen molar-refractivity contribution in [2.45, 2.75) is 38.1 Å². The minimum atomic E-state index is -0.603. The highest BCUT2D eigenvalue weighted by atomic mass is 19.1. The molecule has 3 rings (SSSR count). The number of halogens is 1. The normalized spacial score (nSPS) is 29.5. The second kappa shape index (κ2) is 5.99. The van der Waals surface area contributed by atoms with E-state index in [4.69, 9.17) is 18.9 Å². The number of fused-ring (bicyclic) bond motifs is 4. The van der Waals surface area contributed by atoms with Crippen LogP contribution >= 0.6 is 0 Å². The lowest BCUT2D eigenvalue weighted by Crippen LogP contribution is -2.41. The van der Waals surface area contributed by atoms with Crippen LogP contribution in [-0.2, 0) is 24.5 Å². The number of benzene rings is 1. The van der Waals surface area contributed by atoms with E-state index in [1.165, 1.54) is 12.1 Å². The molecule has 0 amide bonds. The Kier molecular flexibility index (Phi) is 4.21. The zero-order valence-corrected chi connectivity index (χ0v) is 13.1. The van der Waals surface area contributed by atoms with E-state index in [2.05, 4.69) is 0 Å². The summed E-state index contributed by atoms with van der Waals surface area (Å²) in [5, 5.41) is 0. The van der Waals surface area contributed by atoms with Crippen molar-refractivity contribution in [3.63, 3.8) is 0 Å². The highest BCUT2D eigenvalue weighted by molar-refractivity contribution is 5.42. The SMILES string of the molecule is CCO[C@H]1C=C2O[C@](C)(C1)c1cc(F)ccc1[C@H]2OCOC. The molecule has 0 unspecified atom stereocenters. The third-order valence-electron chi connectivity index (χ3n) is 4.14. The molecule has 5 heteroatoms. The average Bonchev–Trinajstić information content (AvgIpc) is 2.48. The zero-order chi connectivity index (χ0) is 15.7. The molecule has 2 heterocycles. The lowest BCUT2D eigenvalue weighted by Gasteiger charge is -2.45. The molecular weight excluding hydrogens is 287 g/mol. The molecule has 0 saturated carbocycles. The largest absolute Gasteiger partial charge is 0.484 e. The number of hydrogen-bond acceptors (Lipinski definition) is 4. The molecule has 120 valence electrons. The Bertz CT molecular complexity index is 586. The van der Waals surface area contributed by atoms with Gasteiger partial charge in [-0.25, -0.2) is 4.39 Å². The van der Waals surface area contributed by atoms with Crippen LogP contribution in [0, 0.1) is 5.82 Å². The van der Waals surface area contributed by atoms with E-state index >= 15 is 0 Å². The van der Waals surface area contributed by atoms with Gasteiger partial charge in [0, 0.05) is 25.7 Å². The summed E-state index contributed by atoms with van der Waals surface area (Å²) >= 11 is 0. The number of rotatable bonds is 5. The van der Waals surface area contributed by atoms with E-state index < -0.39 is 11.7 Å². The first kappa shape index (κ1) is 15.5. The van der Waals surface area contributed by atoms with Crippen molar-refractivity contribution in [3.8, 4) is 0 Å². The predicted octanol–water partition coefficient (Wildman–Crippen LogP) is 3.43. The van der Waals surface area contributed by atoms with Crippen molar-refractivity contribution >= 4 is 0 Å². The first-order chi connectivity index (χ1) is 10.6. The fourth-order valence-electron chi connectivity index (χ4n) is 3.27. The van der Waals surface area contributed by atoms with Crippen LogP contribution in [0.2, 0.25) is 0 Å². The maximum atomic E-state index is 13.7. The lowest BCUT2D eigenvalue weighted by molar-refractivity contribution is -0.130. The van der Waals surface area contributed by atoms with Gasteiger partial charge in [-0.05, 0) is 37.6 Å². The van der Waals surface area contributed by atoms with Gasteiger partial charge in [0.1, 0.15) is 30.1 Å². The van der Waals surface area contributed by atoms with Gasteiger partial charge in [0.05, 0.1) is 6.10 Å². The van der Waals surface area contributed by atoms with Crippen molar-refractivity contribution in [1.82, 2.24) is 0 Å². The molecule has 0 aliphatic carbocycles. The van der Waals surface area contributed by atoms with Crippen LogP contribution in [0.1, 0.15) is 37.5 Å². The molecule has 0 N–H and O–H groups in total. The van der Waals surface area contributed by atoms with Gasteiger partial charge in [0.25, 0.3) is 0 Å². The van der Waals surface area contributed by atoms with Crippen molar-refractivity contribution < 1.29 is 23.3 Å². The molecule has 22 heavy (non-hydrogen) atoms. The van der Waals surface area contributed by atoms with Gasteiger partial charge in [-0.2, -0.15) is 0 Å². The Balaban J connectivity index is 2.06. The Morgan fingerprint density at radius 3 is 2.91 bits per heavy atom. The summed E-state index contributed by atoms with van der Waals surface area (Å²) in [5.41, 5.74) is 1.14. The van der Waals surface area contributed by atoms with Crippen molar-refractivity contribution in [2.24, 2.45) is 0 Å². The Morgan fingerprint density at radius 2 is 2.18 bits per heavy atom. The van der Waals surface area contributed by atoms with Crippen LogP contribution in [-0.4, -0.2) is 26.6 Å². The van der Waals surface area contributed by atoms with Gasteiger partial charge < -0.3 is 18.9 Å². The smallest absolute Gasteiger partial charge is 0.147 e. The summed E-state index contributed by atoms with van der Waals surface area (Å²) in [5.74, 6) is 0.434. The molecule has 2 aliphatic rings. The quantitative estimate of drug-likeness (QED) is 0.781. The van der Waals surface area contributed by atoms with E-state index in [1.807, 2.05) is 19.9 Å². The van der Waals surface area contributed by atoms with E-state index in [1.54, 1.807) is 13.2 Å². The van der Waals surface area contributed by atoms with Crippen molar-refractivity contribution in [2.75, 3.05) is 20.5 Å². The monoisotopic (exact) mass is 308 g/mol. The number of ether oxygens (including phenoxy) is 4. The highest BCUT2D eigenvalue weighted by Gasteiger charge is 2.46.